The van der Waals surface area contributed by atoms with Gasteiger partial charge in [0, 0.05) is 31.2 Å². The Labute approximate surface area is 97.7 Å². The highest BCUT2D eigenvalue weighted by molar-refractivity contribution is 5.41. The first-order valence-corrected chi connectivity index (χ1v) is 6.05. The van der Waals surface area contributed by atoms with E-state index in [-0.39, 0.29) is 5.41 Å². The molecule has 1 fully saturated rings. The summed E-state index contributed by atoms with van der Waals surface area (Å²) < 4.78 is 0. The Morgan fingerprint density at radius 1 is 1.31 bits per heavy atom. The van der Waals surface area contributed by atoms with E-state index in [0.717, 1.165) is 18.9 Å². The van der Waals surface area contributed by atoms with Gasteiger partial charge in [0.1, 0.15) is 5.82 Å². The SMILES string of the molecule is CC(C)(CN)c1ccc(N2CCCC2)nc1. The van der Waals surface area contributed by atoms with Gasteiger partial charge in [-0.15, -0.1) is 0 Å². The third kappa shape index (κ3) is 2.19. The number of hydrogen-bond donors (Lipinski definition) is 1. The summed E-state index contributed by atoms with van der Waals surface area (Å²) in [6.07, 6.45) is 4.55. The van der Waals surface area contributed by atoms with E-state index in [0.29, 0.717) is 6.54 Å². The van der Waals surface area contributed by atoms with Crippen LogP contribution in [0.25, 0.3) is 0 Å². The molecule has 3 nitrogen and oxygen atoms in total. The van der Waals surface area contributed by atoms with Crippen molar-refractivity contribution in [1.29, 1.82) is 0 Å². The standard InChI is InChI=1S/C13H21N3/c1-13(2,10-14)11-5-6-12(15-9-11)16-7-3-4-8-16/h5-6,9H,3-4,7-8,10,14H2,1-2H3. The van der Waals surface area contributed by atoms with E-state index in [2.05, 4.69) is 35.9 Å². The van der Waals surface area contributed by atoms with Crippen LogP contribution < -0.4 is 10.6 Å². The molecule has 0 amide bonds. The van der Waals surface area contributed by atoms with Gasteiger partial charge in [0.15, 0.2) is 0 Å². The Balaban J connectivity index is 2.15. The fourth-order valence-electron chi connectivity index (χ4n) is 2.04. The minimum atomic E-state index is 0.0243. The van der Waals surface area contributed by atoms with Crippen LogP contribution in [-0.4, -0.2) is 24.6 Å². The van der Waals surface area contributed by atoms with E-state index >= 15 is 0 Å². The summed E-state index contributed by atoms with van der Waals surface area (Å²) in [6.45, 7) is 7.25. The van der Waals surface area contributed by atoms with Gasteiger partial charge in [0.05, 0.1) is 0 Å². The van der Waals surface area contributed by atoms with Gasteiger partial charge in [0.25, 0.3) is 0 Å². The third-order valence-corrected chi connectivity index (χ3v) is 3.47. The highest BCUT2D eigenvalue weighted by Gasteiger charge is 2.20. The first kappa shape index (κ1) is 11.4. The zero-order chi connectivity index (χ0) is 11.6. The van der Waals surface area contributed by atoms with Crippen molar-refractivity contribution in [3.63, 3.8) is 0 Å². The second-order valence-corrected chi connectivity index (χ2v) is 5.19. The second-order valence-electron chi connectivity index (χ2n) is 5.19. The molecule has 1 aliphatic heterocycles. The summed E-state index contributed by atoms with van der Waals surface area (Å²) in [5, 5.41) is 0. The highest BCUT2D eigenvalue weighted by atomic mass is 15.2. The van der Waals surface area contributed by atoms with Crippen molar-refractivity contribution in [2.45, 2.75) is 32.1 Å². The molecule has 0 atom stereocenters. The van der Waals surface area contributed by atoms with E-state index in [9.17, 15) is 0 Å². The summed E-state index contributed by atoms with van der Waals surface area (Å²) in [6, 6.07) is 4.28. The van der Waals surface area contributed by atoms with E-state index in [1.807, 2.05) is 6.20 Å². The van der Waals surface area contributed by atoms with Crippen molar-refractivity contribution in [1.82, 2.24) is 4.98 Å². The monoisotopic (exact) mass is 219 g/mol. The summed E-state index contributed by atoms with van der Waals surface area (Å²) in [5.74, 6) is 1.11. The fraction of sp³-hybridized carbons (Fsp3) is 0.615. The molecule has 0 spiro atoms. The Morgan fingerprint density at radius 2 is 2.00 bits per heavy atom. The Hall–Kier alpha value is -1.09. The Kier molecular flexibility index (Phi) is 3.15. The minimum absolute atomic E-state index is 0.0243. The quantitative estimate of drug-likeness (QED) is 0.844. The van der Waals surface area contributed by atoms with Crippen LogP contribution in [-0.2, 0) is 5.41 Å². The lowest BCUT2D eigenvalue weighted by Gasteiger charge is -2.24. The maximum atomic E-state index is 5.76. The van der Waals surface area contributed by atoms with E-state index < -0.39 is 0 Å². The number of nitrogens with two attached hydrogens (primary N) is 1. The molecule has 1 saturated heterocycles. The average Bonchev–Trinajstić information content (AvgIpc) is 2.83. The fourth-order valence-corrected chi connectivity index (χ4v) is 2.04. The van der Waals surface area contributed by atoms with E-state index in [4.69, 9.17) is 5.73 Å². The molecule has 0 radical (unpaired) electrons. The number of rotatable bonds is 3. The molecule has 1 aromatic rings. The van der Waals surface area contributed by atoms with Crippen molar-refractivity contribution in [2.24, 2.45) is 5.73 Å². The van der Waals surface area contributed by atoms with Gasteiger partial charge in [-0.1, -0.05) is 19.9 Å². The van der Waals surface area contributed by atoms with Crippen LogP contribution in [0.3, 0.4) is 0 Å². The lowest BCUT2D eigenvalue weighted by Crippen LogP contribution is -2.28. The lowest BCUT2D eigenvalue weighted by molar-refractivity contribution is 0.537. The molecule has 0 saturated carbocycles. The van der Waals surface area contributed by atoms with Gasteiger partial charge in [0.2, 0.25) is 0 Å². The van der Waals surface area contributed by atoms with E-state index in [1.165, 1.54) is 18.4 Å². The number of anilines is 1. The molecule has 0 aliphatic carbocycles. The summed E-state index contributed by atoms with van der Waals surface area (Å²) >= 11 is 0. The Bertz CT molecular complexity index is 337. The van der Waals surface area contributed by atoms with Crippen molar-refractivity contribution < 1.29 is 0 Å². The Morgan fingerprint density at radius 3 is 2.50 bits per heavy atom. The predicted octanol–water partition coefficient (Wildman–Crippen LogP) is 1.92. The largest absolute Gasteiger partial charge is 0.357 e. The van der Waals surface area contributed by atoms with Gasteiger partial charge in [-0.05, 0) is 24.5 Å². The van der Waals surface area contributed by atoms with Crippen LogP contribution in [0.4, 0.5) is 5.82 Å². The molecular weight excluding hydrogens is 198 g/mol. The van der Waals surface area contributed by atoms with Crippen LogP contribution >= 0.6 is 0 Å². The maximum absolute atomic E-state index is 5.76. The first-order valence-electron chi connectivity index (χ1n) is 6.05. The summed E-state index contributed by atoms with van der Waals surface area (Å²) in [5.41, 5.74) is 7.00. The zero-order valence-corrected chi connectivity index (χ0v) is 10.2. The molecule has 0 unspecified atom stereocenters. The minimum Gasteiger partial charge on any atom is -0.357 e. The van der Waals surface area contributed by atoms with Gasteiger partial charge >= 0.3 is 0 Å². The molecule has 0 aromatic carbocycles. The van der Waals surface area contributed by atoms with Crippen LogP contribution in [0.1, 0.15) is 32.3 Å². The molecule has 1 aliphatic rings. The molecule has 1 aromatic heterocycles. The second kappa shape index (κ2) is 4.42. The average molecular weight is 219 g/mol. The molecule has 0 bridgehead atoms. The maximum Gasteiger partial charge on any atom is 0.128 e. The van der Waals surface area contributed by atoms with Crippen LogP contribution in [0.5, 0.6) is 0 Å². The molecule has 3 heteroatoms. The summed E-state index contributed by atoms with van der Waals surface area (Å²) in [4.78, 5) is 6.89. The van der Waals surface area contributed by atoms with Crippen LogP contribution in [0.15, 0.2) is 18.3 Å². The van der Waals surface area contributed by atoms with Gasteiger partial charge in [-0.2, -0.15) is 0 Å². The van der Waals surface area contributed by atoms with Crippen molar-refractivity contribution in [2.75, 3.05) is 24.5 Å². The molecule has 16 heavy (non-hydrogen) atoms. The number of nitrogens with zero attached hydrogens (tertiary/aromatic N) is 2. The van der Waals surface area contributed by atoms with Crippen molar-refractivity contribution in [3.8, 4) is 0 Å². The lowest BCUT2D eigenvalue weighted by atomic mass is 9.86. The van der Waals surface area contributed by atoms with Gasteiger partial charge < -0.3 is 10.6 Å². The van der Waals surface area contributed by atoms with Gasteiger partial charge in [-0.3, -0.25) is 0 Å². The first-order chi connectivity index (χ1) is 7.63. The molecule has 2 rings (SSSR count). The van der Waals surface area contributed by atoms with Crippen LogP contribution in [0, 0.1) is 0 Å². The zero-order valence-electron chi connectivity index (χ0n) is 10.2. The van der Waals surface area contributed by atoms with E-state index in [1.54, 1.807) is 0 Å². The normalized spacial score (nSPS) is 16.8. The van der Waals surface area contributed by atoms with Crippen LogP contribution in [0.2, 0.25) is 0 Å². The molecule has 2 heterocycles. The molecular formula is C13H21N3. The van der Waals surface area contributed by atoms with Crippen molar-refractivity contribution in [3.05, 3.63) is 23.9 Å². The molecule has 88 valence electrons. The van der Waals surface area contributed by atoms with Crippen molar-refractivity contribution >= 4 is 5.82 Å². The molecule has 2 N–H and O–H groups in total. The predicted molar refractivity (Wildman–Crippen MR) is 67.8 cm³/mol. The third-order valence-electron chi connectivity index (χ3n) is 3.47. The number of aromatic nitrogens is 1. The number of pyridine rings is 1. The summed E-state index contributed by atoms with van der Waals surface area (Å²) in [7, 11) is 0. The highest BCUT2D eigenvalue weighted by Crippen LogP contribution is 2.24. The number of hydrogen-bond acceptors (Lipinski definition) is 3. The smallest absolute Gasteiger partial charge is 0.128 e. The topological polar surface area (TPSA) is 42.1 Å². The van der Waals surface area contributed by atoms with Gasteiger partial charge in [-0.25, -0.2) is 4.98 Å².